The van der Waals surface area contributed by atoms with E-state index in [2.05, 4.69) is 10.6 Å². The van der Waals surface area contributed by atoms with Crippen molar-refractivity contribution in [3.63, 3.8) is 0 Å². The molecule has 3 atom stereocenters. The Balaban J connectivity index is -0.000000324. The Morgan fingerprint density at radius 2 is 0.961 bits per heavy atom. The number of benzene rings is 2. The molecule has 292 valence electrons. The highest BCUT2D eigenvalue weighted by Crippen LogP contribution is 2.08. The maximum atomic E-state index is 12.1. The first-order valence-corrected chi connectivity index (χ1v) is 15.7. The van der Waals surface area contributed by atoms with Gasteiger partial charge in [0.25, 0.3) is 0 Å². The first kappa shape index (κ1) is 53.4. The third-order valence-corrected chi connectivity index (χ3v) is 6.66. The molecule has 0 aromatic heterocycles. The number of nitrogens with two attached hydrogens (primary N) is 1. The number of nitrogens with one attached hydrogen (secondary N) is 2. The summed E-state index contributed by atoms with van der Waals surface area (Å²) in [6.07, 6.45) is 0. The Kier molecular flexibility index (Phi) is 29.7. The highest BCUT2D eigenvalue weighted by atomic mass is 35.5. The van der Waals surface area contributed by atoms with E-state index < -0.39 is 30.1 Å². The number of carbonyl (C=O) groups is 5. The van der Waals surface area contributed by atoms with Crippen molar-refractivity contribution in [2.45, 2.75) is 87.7 Å². The van der Waals surface area contributed by atoms with E-state index in [1.165, 1.54) is 9.80 Å². The van der Waals surface area contributed by atoms with E-state index in [-0.39, 0.29) is 69.7 Å². The summed E-state index contributed by atoms with van der Waals surface area (Å²) in [5.41, 5.74) is 7.54. The lowest BCUT2D eigenvalue weighted by Gasteiger charge is -2.23. The van der Waals surface area contributed by atoms with Gasteiger partial charge < -0.3 is 40.7 Å². The van der Waals surface area contributed by atoms with E-state index in [9.17, 15) is 24.0 Å². The zero-order chi connectivity index (χ0) is 37.0. The third-order valence-electron chi connectivity index (χ3n) is 6.66. The zero-order valence-corrected chi connectivity index (χ0v) is 31.2. The molecule has 2 aromatic rings. The van der Waals surface area contributed by atoms with Crippen LogP contribution in [0.1, 0.15) is 67.5 Å². The van der Waals surface area contributed by atoms with E-state index in [0.717, 1.165) is 11.1 Å². The van der Waals surface area contributed by atoms with Gasteiger partial charge in [0.2, 0.25) is 0 Å². The maximum absolute atomic E-state index is 12.1. The molecular formula is C37H64ClN5O8. The molecule has 2 rings (SSSR count). The number of urea groups is 2. The van der Waals surface area contributed by atoms with E-state index in [4.69, 9.17) is 20.3 Å². The largest absolute Gasteiger partial charge is 0.480 e. The maximum Gasteiger partial charge on any atom is 0.329 e. The average Bonchev–Trinajstić information content (AvgIpc) is 3.04. The SMILES string of the molecule is C.C.CC(C)[C@H](N)C(=O)OCc1ccccc1.CC(C)[C@H](NC(=O)N(C)C)C(=O)O.CC(C)[C@H](NC(=O)N(C)C)C(=O)OCc1ccccc1.Cl. The van der Waals surface area contributed by atoms with Gasteiger partial charge in [-0.25, -0.2) is 19.2 Å². The summed E-state index contributed by atoms with van der Waals surface area (Å²) in [5.74, 6) is -1.82. The molecule has 0 saturated heterocycles. The lowest BCUT2D eigenvalue weighted by molar-refractivity contribution is -0.149. The summed E-state index contributed by atoms with van der Waals surface area (Å²) < 4.78 is 10.3. The second-order valence-corrected chi connectivity index (χ2v) is 12.4. The molecule has 0 aliphatic heterocycles. The quantitative estimate of drug-likeness (QED) is 0.196. The fourth-order valence-electron chi connectivity index (χ4n) is 3.45. The molecule has 0 saturated carbocycles. The predicted molar refractivity (Wildman–Crippen MR) is 205 cm³/mol. The van der Waals surface area contributed by atoms with Crippen LogP contribution in [0, 0.1) is 17.8 Å². The number of carboxylic acid groups (broad SMARTS) is 1. The molecule has 13 nitrogen and oxygen atoms in total. The lowest BCUT2D eigenvalue weighted by atomic mass is 10.1. The Morgan fingerprint density at radius 3 is 1.25 bits per heavy atom. The summed E-state index contributed by atoms with van der Waals surface area (Å²) in [6.45, 7) is 11.5. The van der Waals surface area contributed by atoms with Gasteiger partial charge in [0.1, 0.15) is 31.3 Å². The molecule has 0 unspecified atom stereocenters. The minimum Gasteiger partial charge on any atom is -0.480 e. The van der Waals surface area contributed by atoms with Gasteiger partial charge in [-0.1, -0.05) is 117 Å². The van der Waals surface area contributed by atoms with Crippen LogP contribution in [-0.2, 0) is 37.1 Å². The monoisotopic (exact) mass is 741 g/mol. The van der Waals surface area contributed by atoms with Crippen LogP contribution in [0.25, 0.3) is 0 Å². The molecule has 51 heavy (non-hydrogen) atoms. The number of ether oxygens (including phenoxy) is 2. The Hall–Kier alpha value is -4.36. The Bertz CT molecular complexity index is 1260. The van der Waals surface area contributed by atoms with Crippen LogP contribution in [0.5, 0.6) is 0 Å². The smallest absolute Gasteiger partial charge is 0.329 e. The molecular weight excluding hydrogens is 678 g/mol. The fraction of sp³-hybridized carbons (Fsp3) is 0.541. The van der Waals surface area contributed by atoms with Crippen molar-refractivity contribution in [1.82, 2.24) is 20.4 Å². The van der Waals surface area contributed by atoms with Crippen LogP contribution >= 0.6 is 12.4 Å². The van der Waals surface area contributed by atoms with Gasteiger partial charge in [-0.05, 0) is 28.9 Å². The number of nitrogens with zero attached hydrogens (tertiary/aromatic N) is 2. The molecule has 14 heteroatoms. The van der Waals surface area contributed by atoms with Crippen molar-refractivity contribution in [2.75, 3.05) is 28.2 Å². The molecule has 0 radical (unpaired) electrons. The van der Waals surface area contributed by atoms with E-state index in [1.807, 2.05) is 88.4 Å². The highest BCUT2D eigenvalue weighted by Gasteiger charge is 2.26. The number of hydrogen-bond acceptors (Lipinski definition) is 8. The van der Waals surface area contributed by atoms with Crippen molar-refractivity contribution in [3.8, 4) is 0 Å². The number of carbonyl (C=O) groups excluding carboxylic acids is 4. The zero-order valence-electron chi connectivity index (χ0n) is 30.3. The van der Waals surface area contributed by atoms with E-state index >= 15 is 0 Å². The first-order chi connectivity index (χ1) is 22.4. The Morgan fingerprint density at radius 1 is 0.627 bits per heavy atom. The average molecular weight is 742 g/mol. The number of aliphatic carboxylic acids is 1. The summed E-state index contributed by atoms with van der Waals surface area (Å²) in [7, 11) is 6.38. The van der Waals surface area contributed by atoms with Gasteiger partial charge in [0.15, 0.2) is 0 Å². The number of hydrogen-bond donors (Lipinski definition) is 4. The van der Waals surface area contributed by atoms with Crippen LogP contribution < -0.4 is 16.4 Å². The lowest BCUT2D eigenvalue weighted by Crippen LogP contribution is -2.48. The summed E-state index contributed by atoms with van der Waals surface area (Å²) in [6, 6.07) is 16.3. The summed E-state index contributed by atoms with van der Waals surface area (Å²) in [5, 5.41) is 13.8. The molecule has 0 spiro atoms. The van der Waals surface area contributed by atoms with Crippen molar-refractivity contribution in [2.24, 2.45) is 23.5 Å². The van der Waals surface area contributed by atoms with Crippen LogP contribution in [0.4, 0.5) is 9.59 Å². The third kappa shape index (κ3) is 22.9. The first-order valence-electron chi connectivity index (χ1n) is 15.7. The highest BCUT2D eigenvalue weighted by molar-refractivity contribution is 5.85. The van der Waals surface area contributed by atoms with Gasteiger partial charge in [0, 0.05) is 28.2 Å². The minimum atomic E-state index is -1.01. The molecule has 5 N–H and O–H groups in total. The topological polar surface area (TPSA) is 181 Å². The van der Waals surface area contributed by atoms with Crippen molar-refractivity contribution in [1.29, 1.82) is 0 Å². The Labute approximate surface area is 312 Å². The predicted octanol–water partition coefficient (Wildman–Crippen LogP) is 5.80. The van der Waals surface area contributed by atoms with Gasteiger partial charge in [-0.15, -0.1) is 12.4 Å². The molecule has 0 heterocycles. The molecule has 0 fully saturated rings. The van der Waals surface area contributed by atoms with Gasteiger partial charge in [-0.2, -0.15) is 0 Å². The number of carboxylic acids is 1. The van der Waals surface area contributed by atoms with Crippen LogP contribution in [0.15, 0.2) is 60.7 Å². The van der Waals surface area contributed by atoms with Crippen molar-refractivity contribution >= 4 is 42.4 Å². The molecule has 0 bridgehead atoms. The van der Waals surface area contributed by atoms with E-state index in [1.54, 1.807) is 42.0 Å². The summed E-state index contributed by atoms with van der Waals surface area (Å²) in [4.78, 5) is 59.6. The molecule has 0 aliphatic carbocycles. The van der Waals surface area contributed by atoms with Crippen LogP contribution in [-0.4, -0.2) is 91.2 Å². The summed E-state index contributed by atoms with van der Waals surface area (Å²) >= 11 is 0. The van der Waals surface area contributed by atoms with Crippen LogP contribution in [0.3, 0.4) is 0 Å². The van der Waals surface area contributed by atoms with Gasteiger partial charge in [-0.3, -0.25) is 4.79 Å². The van der Waals surface area contributed by atoms with E-state index in [0.29, 0.717) is 6.61 Å². The minimum absolute atomic E-state index is 0. The van der Waals surface area contributed by atoms with Gasteiger partial charge in [0.05, 0.1) is 0 Å². The molecule has 4 amide bonds. The number of esters is 2. The van der Waals surface area contributed by atoms with Crippen molar-refractivity contribution in [3.05, 3.63) is 71.8 Å². The standard InChI is InChI=1S/C15H22N2O3.C12H17NO2.C8H16N2O3.2CH4.ClH/c1-11(2)13(16-15(19)17(3)4)14(18)20-10-12-8-6-5-7-9-12;1-9(2)11(13)12(14)15-8-10-6-4-3-5-7-10;1-5(2)6(7(11)12)9-8(13)10(3)4;;;/h5-9,11,13H,10H2,1-4H3,(H,16,19);3-7,9,11H,8,13H2,1-2H3;5-6H,1-4H3,(H,9,13)(H,11,12);2*1H4;1H/t13-;11-;6-;;;/m000.../s1. The molecule has 0 aliphatic rings. The number of amides is 4. The van der Waals surface area contributed by atoms with Gasteiger partial charge >= 0.3 is 30.0 Å². The van der Waals surface area contributed by atoms with Crippen LogP contribution in [0.2, 0.25) is 0 Å². The number of halogens is 1. The second kappa shape index (κ2) is 28.3. The van der Waals surface area contributed by atoms with Crippen molar-refractivity contribution < 1.29 is 38.6 Å². The second-order valence-electron chi connectivity index (χ2n) is 12.4. The molecule has 2 aromatic carbocycles. The fourth-order valence-corrected chi connectivity index (χ4v) is 3.45. The number of rotatable bonds is 12. The normalized spacial score (nSPS) is 11.5.